The highest BCUT2D eigenvalue weighted by Gasteiger charge is 2.33. The summed E-state index contributed by atoms with van der Waals surface area (Å²) in [5.41, 5.74) is -0.753. The van der Waals surface area contributed by atoms with Crippen LogP contribution < -0.4 is 0 Å². The molecule has 1 rings (SSSR count). The van der Waals surface area contributed by atoms with E-state index in [4.69, 9.17) is 19.6 Å². The van der Waals surface area contributed by atoms with Gasteiger partial charge in [0.1, 0.15) is 11.2 Å². The van der Waals surface area contributed by atoms with Crippen molar-refractivity contribution in [2.75, 3.05) is 0 Å². The van der Waals surface area contributed by atoms with E-state index in [0.29, 0.717) is 11.8 Å². The summed E-state index contributed by atoms with van der Waals surface area (Å²) in [6, 6.07) is 0. The Morgan fingerprint density at radius 3 is 1.44 bits per heavy atom. The second kappa shape index (κ2) is 5.81. The number of hydrogen-bond acceptors (Lipinski definition) is 4. The summed E-state index contributed by atoms with van der Waals surface area (Å²) in [6.07, 6.45) is 6.68. The molecule has 0 aromatic carbocycles. The fourth-order valence-electron chi connectivity index (χ4n) is 1.65. The van der Waals surface area contributed by atoms with E-state index in [2.05, 4.69) is 26.1 Å². The van der Waals surface area contributed by atoms with Crippen LogP contribution in [0.15, 0.2) is 0 Å². The molecular weight excluding hydrogens is 232 g/mol. The molecule has 0 aliphatic carbocycles. The molecule has 18 heavy (non-hydrogen) atoms. The van der Waals surface area contributed by atoms with Gasteiger partial charge in [0.05, 0.1) is 0 Å². The van der Waals surface area contributed by atoms with Crippen LogP contribution in [0.5, 0.6) is 0 Å². The highest BCUT2D eigenvalue weighted by Crippen LogP contribution is 2.31. The van der Waals surface area contributed by atoms with Crippen molar-refractivity contribution in [1.29, 1.82) is 0 Å². The Labute approximate surface area is 110 Å². The molecule has 0 saturated heterocycles. The van der Waals surface area contributed by atoms with Crippen molar-refractivity contribution in [2.24, 2.45) is 11.8 Å². The average Bonchev–Trinajstić information content (AvgIpc) is 2.28. The molecule has 0 aromatic heterocycles. The largest absolute Gasteiger partial charge is 0.278 e. The second-order valence-electron chi connectivity index (χ2n) is 6.12. The number of rotatable bonds is 0. The van der Waals surface area contributed by atoms with Gasteiger partial charge in [-0.1, -0.05) is 13.8 Å². The van der Waals surface area contributed by atoms with E-state index in [9.17, 15) is 0 Å². The third kappa shape index (κ3) is 4.08. The first-order valence-corrected chi connectivity index (χ1v) is 6.45. The fourth-order valence-corrected chi connectivity index (χ4v) is 1.65. The minimum atomic E-state index is -0.376. The minimum Gasteiger partial charge on any atom is -0.278 e. The summed E-state index contributed by atoms with van der Waals surface area (Å²) in [4.78, 5) is 20.2. The lowest BCUT2D eigenvalue weighted by molar-refractivity contribution is -0.334. The Morgan fingerprint density at radius 2 is 1.11 bits per heavy atom. The van der Waals surface area contributed by atoms with Crippen LogP contribution in [0, 0.1) is 24.0 Å². The van der Waals surface area contributed by atoms with Crippen molar-refractivity contribution in [1.82, 2.24) is 0 Å². The van der Waals surface area contributed by atoms with Crippen molar-refractivity contribution in [2.45, 2.75) is 65.6 Å². The van der Waals surface area contributed by atoms with E-state index in [1.165, 1.54) is 0 Å². The highest BCUT2D eigenvalue weighted by atomic mass is 17.2. The molecule has 0 spiro atoms. The predicted molar refractivity (Wildman–Crippen MR) is 67.8 cm³/mol. The third-order valence-corrected chi connectivity index (χ3v) is 4.04. The van der Waals surface area contributed by atoms with Crippen molar-refractivity contribution in [3.63, 3.8) is 0 Å². The van der Waals surface area contributed by atoms with Gasteiger partial charge in [0.25, 0.3) is 0 Å². The van der Waals surface area contributed by atoms with E-state index in [0.717, 1.165) is 12.8 Å². The van der Waals surface area contributed by atoms with Gasteiger partial charge in [-0.25, -0.2) is 0 Å². The van der Waals surface area contributed by atoms with E-state index in [1.807, 2.05) is 27.7 Å². The second-order valence-corrected chi connectivity index (χ2v) is 6.12. The summed E-state index contributed by atoms with van der Waals surface area (Å²) >= 11 is 0. The minimum absolute atomic E-state index is 0.359. The Kier molecular flexibility index (Phi) is 4.89. The predicted octanol–water partition coefficient (Wildman–Crippen LogP) is 3.42. The molecule has 0 amide bonds. The van der Waals surface area contributed by atoms with Gasteiger partial charge in [0.15, 0.2) is 0 Å². The lowest BCUT2D eigenvalue weighted by atomic mass is 9.82. The Balaban J connectivity index is 2.78. The van der Waals surface area contributed by atoms with E-state index in [-0.39, 0.29) is 11.2 Å². The smallest absolute Gasteiger partial charge is 0.204 e. The maximum Gasteiger partial charge on any atom is 0.204 e. The van der Waals surface area contributed by atoms with Crippen LogP contribution in [0.3, 0.4) is 0 Å². The Hall–Kier alpha value is -0.920. The molecule has 0 saturated carbocycles. The Bertz CT molecular complexity index is 294. The normalized spacial score (nSPS) is 31.7. The first kappa shape index (κ1) is 15.1. The molecule has 0 radical (unpaired) electrons. The van der Waals surface area contributed by atoms with Gasteiger partial charge in [-0.3, -0.25) is 9.78 Å². The van der Waals surface area contributed by atoms with Gasteiger partial charge in [-0.15, -0.1) is 0 Å². The monoisotopic (exact) mass is 256 g/mol. The SMILES string of the molecule is CC1CCC(C)C(C)(C)OOC#COOC1(C)C. The van der Waals surface area contributed by atoms with E-state index in [1.54, 1.807) is 0 Å². The molecule has 2 unspecified atom stereocenters. The van der Waals surface area contributed by atoms with Crippen molar-refractivity contribution in [3.05, 3.63) is 0 Å². The average molecular weight is 256 g/mol. The maximum absolute atomic E-state index is 5.29. The Morgan fingerprint density at radius 1 is 0.778 bits per heavy atom. The van der Waals surface area contributed by atoms with Gasteiger partial charge in [0.2, 0.25) is 12.2 Å². The van der Waals surface area contributed by atoms with Crippen molar-refractivity contribution in [3.8, 4) is 12.2 Å². The molecule has 0 N–H and O–H groups in total. The van der Waals surface area contributed by atoms with Crippen molar-refractivity contribution < 1.29 is 19.6 Å². The van der Waals surface area contributed by atoms with Crippen LogP contribution in [0.2, 0.25) is 0 Å². The van der Waals surface area contributed by atoms with Crippen LogP contribution in [0.25, 0.3) is 0 Å². The van der Waals surface area contributed by atoms with Gasteiger partial charge in [-0.2, -0.15) is 9.78 Å². The quantitative estimate of drug-likeness (QED) is 0.491. The zero-order chi connectivity index (χ0) is 13.8. The van der Waals surface area contributed by atoms with Crippen molar-refractivity contribution >= 4 is 0 Å². The van der Waals surface area contributed by atoms with Gasteiger partial charge in [0, 0.05) is 0 Å². The summed E-state index contributed by atoms with van der Waals surface area (Å²) in [6.45, 7) is 12.3. The van der Waals surface area contributed by atoms with E-state index < -0.39 is 0 Å². The zero-order valence-corrected chi connectivity index (χ0v) is 12.2. The summed E-state index contributed by atoms with van der Waals surface area (Å²) in [7, 11) is 0. The molecule has 1 aliphatic heterocycles. The van der Waals surface area contributed by atoms with Crippen LogP contribution in [0.4, 0.5) is 0 Å². The van der Waals surface area contributed by atoms with Gasteiger partial charge >= 0.3 is 0 Å². The molecule has 4 nitrogen and oxygen atoms in total. The molecule has 4 heteroatoms. The molecule has 0 bridgehead atoms. The summed E-state index contributed by atoms with van der Waals surface area (Å²) in [5.74, 6) is 0.718. The first-order valence-electron chi connectivity index (χ1n) is 6.45. The first-order chi connectivity index (χ1) is 8.26. The van der Waals surface area contributed by atoms with Crippen LogP contribution >= 0.6 is 0 Å². The van der Waals surface area contributed by atoms with Crippen LogP contribution in [0.1, 0.15) is 54.4 Å². The van der Waals surface area contributed by atoms with E-state index >= 15 is 0 Å². The third-order valence-electron chi connectivity index (χ3n) is 4.04. The highest BCUT2D eigenvalue weighted by molar-refractivity contribution is 4.83. The van der Waals surface area contributed by atoms with Crippen LogP contribution in [-0.2, 0) is 19.6 Å². The van der Waals surface area contributed by atoms with Crippen LogP contribution in [-0.4, -0.2) is 11.2 Å². The molecule has 104 valence electrons. The molecule has 1 aliphatic rings. The summed E-state index contributed by atoms with van der Waals surface area (Å²) < 4.78 is 0. The zero-order valence-electron chi connectivity index (χ0n) is 12.2. The molecule has 0 aromatic rings. The molecular formula is C14H24O4. The maximum atomic E-state index is 5.29. The lowest BCUT2D eigenvalue weighted by Crippen LogP contribution is -2.36. The number of hydrogen-bond donors (Lipinski definition) is 0. The van der Waals surface area contributed by atoms with Gasteiger partial charge in [-0.05, 0) is 52.4 Å². The topological polar surface area (TPSA) is 36.9 Å². The fraction of sp³-hybridized carbons (Fsp3) is 0.857. The summed E-state index contributed by atoms with van der Waals surface area (Å²) in [5, 5.41) is 0. The van der Waals surface area contributed by atoms with Gasteiger partial charge < -0.3 is 0 Å². The standard InChI is InChI=1S/C14H24O4/c1-11-7-8-12(2)14(5,6)18-16-10-9-15-17-13(11,3)4/h11-12H,7-8H2,1-6H3. The molecule has 1 heterocycles. The molecule has 0 fully saturated rings. The molecule has 2 atom stereocenters. The lowest BCUT2D eigenvalue weighted by Gasteiger charge is -2.33.